The molecule has 0 fully saturated rings. The number of carbonyl (C=O) groups excluding carboxylic acids is 2. The van der Waals surface area contributed by atoms with Crippen molar-refractivity contribution < 1.29 is 22.7 Å². The molecular weight excluding hydrogens is 282 g/mol. The number of nitrogens with one attached hydrogen (secondary N) is 1. The van der Waals surface area contributed by atoms with Crippen molar-refractivity contribution in [2.45, 2.75) is 24.7 Å². The van der Waals surface area contributed by atoms with Gasteiger partial charge in [-0.3, -0.25) is 4.79 Å². The van der Waals surface area contributed by atoms with Crippen molar-refractivity contribution in [3.05, 3.63) is 41.7 Å². The highest BCUT2D eigenvalue weighted by atomic mass is 32.2. The number of hydrogen-bond donors (Lipinski definition) is 1. The molecule has 0 aliphatic heterocycles. The van der Waals surface area contributed by atoms with Crippen LogP contribution in [0.2, 0.25) is 0 Å². The second-order valence-corrected chi connectivity index (χ2v) is 6.07. The molecule has 0 saturated heterocycles. The van der Waals surface area contributed by atoms with E-state index in [1.165, 1.54) is 18.2 Å². The van der Waals surface area contributed by atoms with E-state index in [1.54, 1.807) is 16.9 Å². The summed E-state index contributed by atoms with van der Waals surface area (Å²) in [6.45, 7) is 1.82. The fourth-order valence-corrected chi connectivity index (χ4v) is 2.55. The largest absolute Gasteiger partial charge is 0.426 e. The first-order chi connectivity index (χ1) is 9.37. The summed E-state index contributed by atoms with van der Waals surface area (Å²) in [5.74, 6) is 0.0285. The lowest BCUT2D eigenvalue weighted by Crippen LogP contribution is -2.30. The molecule has 0 spiro atoms. The molecule has 0 bridgehead atoms. The summed E-state index contributed by atoms with van der Waals surface area (Å²) < 4.78 is 30.4. The number of rotatable bonds is 3. The fourth-order valence-electron chi connectivity index (χ4n) is 1.68. The standard InChI is InChI=1S/C13H13NO5S/c1-9-2-6-12(7-3-9)20(17,18)14-13(16)19-11-5-4-10(15)8-11/h2-3,6-8H,4-5H2,1H3,(H,14,16). The third kappa shape index (κ3) is 3.45. The maximum Gasteiger partial charge on any atom is 0.426 e. The predicted octanol–water partition coefficient (Wildman–Crippen LogP) is 1.66. The minimum atomic E-state index is -3.97. The second kappa shape index (κ2) is 5.46. The first kappa shape index (κ1) is 14.3. The Morgan fingerprint density at radius 2 is 1.85 bits per heavy atom. The topological polar surface area (TPSA) is 89.5 Å². The number of carbonyl (C=O) groups is 2. The summed E-state index contributed by atoms with van der Waals surface area (Å²) in [7, 11) is -3.97. The van der Waals surface area contributed by atoms with Gasteiger partial charge in [0.25, 0.3) is 10.0 Å². The van der Waals surface area contributed by atoms with Crippen LogP contribution in [-0.4, -0.2) is 20.3 Å². The summed E-state index contributed by atoms with van der Waals surface area (Å²) in [5, 5.41) is 0. The van der Waals surface area contributed by atoms with Crippen molar-refractivity contribution in [2.75, 3.05) is 0 Å². The molecule has 7 heteroatoms. The molecule has 0 atom stereocenters. The normalized spacial score (nSPS) is 14.8. The van der Waals surface area contributed by atoms with Crippen LogP contribution in [0.5, 0.6) is 0 Å². The average molecular weight is 295 g/mol. The van der Waals surface area contributed by atoms with E-state index in [9.17, 15) is 18.0 Å². The van der Waals surface area contributed by atoms with Crippen LogP contribution in [0.15, 0.2) is 41.0 Å². The molecule has 0 heterocycles. The van der Waals surface area contributed by atoms with Crippen molar-refractivity contribution >= 4 is 21.9 Å². The van der Waals surface area contributed by atoms with E-state index in [1.807, 2.05) is 6.92 Å². The van der Waals surface area contributed by atoms with Gasteiger partial charge in [0, 0.05) is 18.9 Å². The van der Waals surface area contributed by atoms with Crippen molar-refractivity contribution in [2.24, 2.45) is 0 Å². The summed E-state index contributed by atoms with van der Waals surface area (Å²) in [6.07, 6.45) is 0.647. The maximum absolute atomic E-state index is 11.9. The summed E-state index contributed by atoms with van der Waals surface area (Å²) in [6, 6.07) is 6.03. The van der Waals surface area contributed by atoms with E-state index in [0.717, 1.165) is 5.56 Å². The minimum absolute atomic E-state index is 0.0310. The molecule has 106 valence electrons. The third-order valence-corrected chi connectivity index (χ3v) is 4.04. The Bertz CT molecular complexity index is 673. The zero-order valence-electron chi connectivity index (χ0n) is 10.8. The molecule has 1 amide bonds. The van der Waals surface area contributed by atoms with Crippen molar-refractivity contribution in [1.29, 1.82) is 0 Å². The molecule has 1 N–H and O–H groups in total. The number of hydrogen-bond acceptors (Lipinski definition) is 5. The Morgan fingerprint density at radius 3 is 2.40 bits per heavy atom. The Hall–Kier alpha value is -2.15. The molecule has 2 rings (SSSR count). The smallest absolute Gasteiger partial charge is 0.414 e. The number of allylic oxidation sites excluding steroid dienone is 2. The van der Waals surface area contributed by atoms with Crippen LogP contribution >= 0.6 is 0 Å². The van der Waals surface area contributed by atoms with Gasteiger partial charge in [0.15, 0.2) is 5.78 Å². The van der Waals surface area contributed by atoms with E-state index >= 15 is 0 Å². The van der Waals surface area contributed by atoms with Gasteiger partial charge in [-0.2, -0.15) is 0 Å². The van der Waals surface area contributed by atoms with Crippen LogP contribution in [0.1, 0.15) is 18.4 Å². The molecule has 0 unspecified atom stereocenters. The molecule has 0 radical (unpaired) electrons. The molecule has 6 nitrogen and oxygen atoms in total. The highest BCUT2D eigenvalue weighted by Crippen LogP contribution is 2.16. The van der Waals surface area contributed by atoms with Crippen molar-refractivity contribution in [1.82, 2.24) is 4.72 Å². The van der Waals surface area contributed by atoms with E-state index in [2.05, 4.69) is 0 Å². The lowest BCUT2D eigenvalue weighted by molar-refractivity contribution is -0.114. The molecule has 1 aliphatic rings. The van der Waals surface area contributed by atoms with Gasteiger partial charge < -0.3 is 4.74 Å². The number of aryl methyl sites for hydroxylation is 1. The molecule has 20 heavy (non-hydrogen) atoms. The van der Waals surface area contributed by atoms with Crippen molar-refractivity contribution in [3.8, 4) is 0 Å². The predicted molar refractivity (Wildman–Crippen MR) is 70.3 cm³/mol. The highest BCUT2D eigenvalue weighted by molar-refractivity contribution is 7.90. The van der Waals surface area contributed by atoms with Gasteiger partial charge >= 0.3 is 6.09 Å². The third-order valence-electron chi connectivity index (χ3n) is 2.71. The number of amides is 1. The number of sulfonamides is 1. The Morgan fingerprint density at radius 1 is 1.20 bits per heavy atom. The lowest BCUT2D eigenvalue weighted by atomic mass is 10.2. The minimum Gasteiger partial charge on any atom is -0.414 e. The van der Waals surface area contributed by atoms with E-state index in [0.29, 0.717) is 6.42 Å². The molecule has 1 aliphatic carbocycles. The SMILES string of the molecule is Cc1ccc(S(=O)(=O)NC(=O)OC2=CC(=O)CC2)cc1. The summed E-state index contributed by atoms with van der Waals surface area (Å²) >= 11 is 0. The molecule has 0 aromatic heterocycles. The van der Waals surface area contributed by atoms with Crippen LogP contribution in [0.4, 0.5) is 4.79 Å². The first-order valence-corrected chi connectivity index (χ1v) is 7.40. The Labute approximate surface area is 116 Å². The zero-order valence-corrected chi connectivity index (χ0v) is 11.6. The van der Waals surface area contributed by atoms with Gasteiger partial charge in [-0.25, -0.2) is 17.9 Å². The second-order valence-electron chi connectivity index (χ2n) is 4.39. The first-order valence-electron chi connectivity index (χ1n) is 5.91. The number of ketones is 1. The fraction of sp³-hybridized carbons (Fsp3) is 0.231. The van der Waals surface area contributed by atoms with E-state index in [-0.39, 0.29) is 22.9 Å². The number of ether oxygens (including phenoxy) is 1. The number of benzene rings is 1. The quantitative estimate of drug-likeness (QED) is 0.916. The average Bonchev–Trinajstić information content (AvgIpc) is 2.74. The van der Waals surface area contributed by atoms with Gasteiger partial charge in [0.2, 0.25) is 0 Å². The van der Waals surface area contributed by atoms with Gasteiger partial charge in [0.05, 0.1) is 4.90 Å². The zero-order chi connectivity index (χ0) is 14.8. The summed E-state index contributed by atoms with van der Waals surface area (Å²) in [5.41, 5.74) is 0.904. The van der Waals surface area contributed by atoms with Crippen LogP contribution in [-0.2, 0) is 19.6 Å². The van der Waals surface area contributed by atoms with Gasteiger partial charge in [-0.1, -0.05) is 17.7 Å². The van der Waals surface area contributed by atoms with E-state index in [4.69, 9.17) is 4.74 Å². The van der Waals surface area contributed by atoms with Crippen LogP contribution < -0.4 is 4.72 Å². The maximum atomic E-state index is 11.9. The van der Waals surface area contributed by atoms with Gasteiger partial charge in [0.1, 0.15) is 5.76 Å². The Kier molecular flexibility index (Phi) is 3.89. The highest BCUT2D eigenvalue weighted by Gasteiger charge is 2.21. The molecular formula is C13H13NO5S. The molecule has 1 aromatic carbocycles. The van der Waals surface area contributed by atoms with Crippen LogP contribution in [0.3, 0.4) is 0 Å². The van der Waals surface area contributed by atoms with Crippen LogP contribution in [0.25, 0.3) is 0 Å². The summed E-state index contributed by atoms with van der Waals surface area (Å²) in [4.78, 5) is 22.4. The Balaban J connectivity index is 2.05. The van der Waals surface area contributed by atoms with E-state index < -0.39 is 16.1 Å². The van der Waals surface area contributed by atoms with Gasteiger partial charge in [-0.05, 0) is 19.1 Å². The monoisotopic (exact) mass is 295 g/mol. The lowest BCUT2D eigenvalue weighted by Gasteiger charge is -2.08. The van der Waals surface area contributed by atoms with Crippen LogP contribution in [0, 0.1) is 6.92 Å². The molecule has 1 aromatic rings. The van der Waals surface area contributed by atoms with Gasteiger partial charge in [-0.15, -0.1) is 0 Å². The molecule has 0 saturated carbocycles. The van der Waals surface area contributed by atoms with Crippen molar-refractivity contribution in [3.63, 3.8) is 0 Å².